The summed E-state index contributed by atoms with van der Waals surface area (Å²) in [6.07, 6.45) is 1.29. The average Bonchev–Trinajstić information content (AvgIpc) is 2.24. The van der Waals surface area contributed by atoms with Crippen LogP contribution in [0.15, 0.2) is 27.9 Å². The van der Waals surface area contributed by atoms with E-state index in [4.69, 9.17) is 5.26 Å². The Morgan fingerprint density at radius 1 is 1.56 bits per heavy atom. The van der Waals surface area contributed by atoms with Gasteiger partial charge in [0.15, 0.2) is 0 Å². The van der Waals surface area contributed by atoms with E-state index < -0.39 is 11.2 Å². The smallest absolute Gasteiger partial charge is 0.299 e. The Balaban J connectivity index is 3.58. The summed E-state index contributed by atoms with van der Waals surface area (Å²) >= 11 is 0. The Labute approximate surface area is 92.9 Å². The highest BCUT2D eigenvalue weighted by molar-refractivity contribution is 5.22. The number of aryl methyl sites for hydroxylation is 1. The number of rotatable bonds is 3. The van der Waals surface area contributed by atoms with Gasteiger partial charge in [-0.15, -0.1) is 0 Å². The van der Waals surface area contributed by atoms with Crippen LogP contribution in [-0.2, 0) is 13.1 Å². The summed E-state index contributed by atoms with van der Waals surface area (Å²) in [5.41, 5.74) is -0.297. The van der Waals surface area contributed by atoms with E-state index in [0.717, 1.165) is 4.57 Å². The standard InChI is InChI=1S/C11H13N3O2/c1-4-13-7-9(5-12)10(15)14(11(13)16)6-8(2)3/h7H,2,4,6H2,1,3H3. The Morgan fingerprint density at radius 2 is 2.19 bits per heavy atom. The summed E-state index contributed by atoms with van der Waals surface area (Å²) in [5, 5.41) is 8.79. The highest BCUT2D eigenvalue weighted by Gasteiger charge is 2.09. The molecule has 0 saturated carbocycles. The quantitative estimate of drug-likeness (QED) is 0.694. The zero-order valence-corrected chi connectivity index (χ0v) is 9.36. The second-order valence-electron chi connectivity index (χ2n) is 3.57. The Kier molecular flexibility index (Phi) is 3.46. The van der Waals surface area contributed by atoms with E-state index >= 15 is 0 Å². The Bertz CT molecular complexity index is 572. The maximum Gasteiger partial charge on any atom is 0.331 e. The maximum atomic E-state index is 11.8. The van der Waals surface area contributed by atoms with Gasteiger partial charge in [-0.2, -0.15) is 5.26 Å². The van der Waals surface area contributed by atoms with E-state index in [1.165, 1.54) is 10.8 Å². The van der Waals surface area contributed by atoms with Gasteiger partial charge in [0.25, 0.3) is 5.56 Å². The van der Waals surface area contributed by atoms with Gasteiger partial charge in [-0.1, -0.05) is 12.2 Å². The zero-order chi connectivity index (χ0) is 12.3. The summed E-state index contributed by atoms with van der Waals surface area (Å²) in [4.78, 5) is 23.5. The van der Waals surface area contributed by atoms with Crippen LogP contribution >= 0.6 is 0 Å². The second-order valence-corrected chi connectivity index (χ2v) is 3.57. The van der Waals surface area contributed by atoms with Crippen molar-refractivity contribution in [3.8, 4) is 6.07 Å². The minimum atomic E-state index is -0.555. The molecule has 0 atom stereocenters. The number of hydrogen-bond donors (Lipinski definition) is 0. The largest absolute Gasteiger partial charge is 0.331 e. The lowest BCUT2D eigenvalue weighted by Gasteiger charge is -2.08. The predicted molar refractivity (Wildman–Crippen MR) is 60.2 cm³/mol. The molecule has 0 unspecified atom stereocenters. The van der Waals surface area contributed by atoms with Crippen LogP contribution in [0, 0.1) is 11.3 Å². The molecular formula is C11H13N3O2. The number of hydrogen-bond acceptors (Lipinski definition) is 3. The molecule has 0 aliphatic heterocycles. The van der Waals surface area contributed by atoms with Gasteiger partial charge in [-0.05, 0) is 13.8 Å². The van der Waals surface area contributed by atoms with Crippen molar-refractivity contribution in [3.63, 3.8) is 0 Å². The molecule has 0 aliphatic carbocycles. The van der Waals surface area contributed by atoms with Crippen LogP contribution < -0.4 is 11.2 Å². The summed E-state index contributed by atoms with van der Waals surface area (Å²) in [6, 6.07) is 1.79. The number of aromatic nitrogens is 2. The molecule has 1 aromatic heterocycles. The summed E-state index contributed by atoms with van der Waals surface area (Å²) in [6.45, 7) is 7.72. The molecular weight excluding hydrogens is 206 g/mol. The molecule has 0 N–H and O–H groups in total. The summed E-state index contributed by atoms with van der Waals surface area (Å²) in [7, 11) is 0. The van der Waals surface area contributed by atoms with Crippen LogP contribution in [0.1, 0.15) is 19.4 Å². The van der Waals surface area contributed by atoms with Crippen molar-refractivity contribution in [3.05, 3.63) is 44.8 Å². The van der Waals surface area contributed by atoms with Gasteiger partial charge >= 0.3 is 5.69 Å². The fourth-order valence-electron chi connectivity index (χ4n) is 1.37. The molecule has 0 aromatic carbocycles. The molecule has 0 amide bonds. The minimum absolute atomic E-state index is 0.0253. The molecule has 0 bridgehead atoms. The minimum Gasteiger partial charge on any atom is -0.299 e. The van der Waals surface area contributed by atoms with Crippen LogP contribution in [0.3, 0.4) is 0 Å². The van der Waals surface area contributed by atoms with E-state index in [-0.39, 0.29) is 12.1 Å². The average molecular weight is 219 g/mol. The zero-order valence-electron chi connectivity index (χ0n) is 9.36. The van der Waals surface area contributed by atoms with Gasteiger partial charge in [0, 0.05) is 12.7 Å². The third kappa shape index (κ3) is 2.11. The molecule has 0 radical (unpaired) electrons. The lowest BCUT2D eigenvalue weighted by molar-refractivity contribution is 0.594. The predicted octanol–water partition coefficient (Wildman–Crippen LogP) is 0.478. The first-order valence-electron chi connectivity index (χ1n) is 4.90. The van der Waals surface area contributed by atoms with Crippen LogP contribution in [-0.4, -0.2) is 9.13 Å². The highest BCUT2D eigenvalue weighted by Crippen LogP contribution is 1.92. The fraction of sp³-hybridized carbons (Fsp3) is 0.364. The van der Waals surface area contributed by atoms with Crippen LogP contribution in [0.4, 0.5) is 0 Å². The van der Waals surface area contributed by atoms with Crippen LogP contribution in [0.5, 0.6) is 0 Å². The van der Waals surface area contributed by atoms with Gasteiger partial charge in [0.1, 0.15) is 11.6 Å². The monoisotopic (exact) mass is 219 g/mol. The first kappa shape index (κ1) is 12.0. The van der Waals surface area contributed by atoms with Gasteiger partial charge in [-0.25, -0.2) is 4.79 Å². The second kappa shape index (κ2) is 4.62. The van der Waals surface area contributed by atoms with Crippen molar-refractivity contribution in [2.45, 2.75) is 26.9 Å². The van der Waals surface area contributed by atoms with E-state index in [1.54, 1.807) is 19.9 Å². The normalized spacial score (nSPS) is 9.81. The van der Waals surface area contributed by atoms with Gasteiger partial charge in [0.05, 0.1) is 6.54 Å². The lowest BCUT2D eigenvalue weighted by Crippen LogP contribution is -2.40. The first-order valence-corrected chi connectivity index (χ1v) is 4.90. The van der Waals surface area contributed by atoms with Gasteiger partial charge < -0.3 is 0 Å². The van der Waals surface area contributed by atoms with Crippen molar-refractivity contribution in [2.24, 2.45) is 0 Å². The van der Waals surface area contributed by atoms with Gasteiger partial charge in [-0.3, -0.25) is 13.9 Å². The van der Waals surface area contributed by atoms with Crippen molar-refractivity contribution >= 4 is 0 Å². The van der Waals surface area contributed by atoms with Crippen molar-refractivity contribution < 1.29 is 0 Å². The fourth-order valence-corrected chi connectivity index (χ4v) is 1.37. The molecule has 1 aromatic rings. The molecule has 16 heavy (non-hydrogen) atoms. The van der Waals surface area contributed by atoms with Crippen molar-refractivity contribution in [1.82, 2.24) is 9.13 Å². The van der Waals surface area contributed by atoms with Crippen LogP contribution in [0.25, 0.3) is 0 Å². The van der Waals surface area contributed by atoms with Gasteiger partial charge in [0.2, 0.25) is 0 Å². The van der Waals surface area contributed by atoms with E-state index in [1.807, 2.05) is 0 Å². The molecule has 1 rings (SSSR count). The highest BCUT2D eigenvalue weighted by atomic mass is 16.2. The SMILES string of the molecule is C=C(C)Cn1c(=O)c(C#N)cn(CC)c1=O. The number of nitriles is 1. The number of allylic oxidation sites excluding steroid dienone is 1. The summed E-state index contributed by atoms with van der Waals surface area (Å²) < 4.78 is 2.37. The topological polar surface area (TPSA) is 67.8 Å². The van der Waals surface area contributed by atoms with E-state index in [0.29, 0.717) is 12.1 Å². The molecule has 0 saturated heterocycles. The summed E-state index contributed by atoms with van der Waals surface area (Å²) in [5.74, 6) is 0. The van der Waals surface area contributed by atoms with Crippen molar-refractivity contribution in [2.75, 3.05) is 0 Å². The Hall–Kier alpha value is -2.09. The third-order valence-electron chi connectivity index (χ3n) is 2.13. The molecule has 5 heteroatoms. The Morgan fingerprint density at radius 3 is 2.62 bits per heavy atom. The maximum absolute atomic E-state index is 11.8. The van der Waals surface area contributed by atoms with E-state index in [9.17, 15) is 9.59 Å². The molecule has 0 aliphatic rings. The molecule has 1 heterocycles. The molecule has 84 valence electrons. The molecule has 5 nitrogen and oxygen atoms in total. The van der Waals surface area contributed by atoms with Crippen molar-refractivity contribution in [1.29, 1.82) is 5.26 Å². The first-order chi connectivity index (χ1) is 7.51. The molecule has 0 spiro atoms. The molecule has 0 fully saturated rings. The number of nitrogens with zero attached hydrogens (tertiary/aromatic N) is 3. The van der Waals surface area contributed by atoms with E-state index in [2.05, 4.69) is 6.58 Å². The lowest BCUT2D eigenvalue weighted by atomic mass is 10.3. The third-order valence-corrected chi connectivity index (χ3v) is 2.13. The van der Waals surface area contributed by atoms with Crippen LogP contribution in [0.2, 0.25) is 0 Å².